The number of carbonyl (C=O) groups excluding carboxylic acids is 1. The first kappa shape index (κ1) is 29.3. The van der Waals surface area contributed by atoms with Gasteiger partial charge >= 0.3 is 5.97 Å². The van der Waals surface area contributed by atoms with Gasteiger partial charge in [0.15, 0.2) is 0 Å². The van der Waals surface area contributed by atoms with Gasteiger partial charge in [0, 0.05) is 17.1 Å². The first-order chi connectivity index (χ1) is 19.2. The molecule has 0 radical (unpaired) electrons. The molecule has 208 valence electrons. The van der Waals surface area contributed by atoms with Gasteiger partial charge in [0.05, 0.1) is 28.1 Å². The van der Waals surface area contributed by atoms with Crippen molar-refractivity contribution in [3.63, 3.8) is 0 Å². The van der Waals surface area contributed by atoms with Crippen LogP contribution in [0.5, 0.6) is 5.75 Å². The number of hydrogen-bond donors (Lipinski definition) is 3. The largest absolute Gasteiger partial charge is 0.507 e. The van der Waals surface area contributed by atoms with Crippen LogP contribution in [0.15, 0.2) is 101 Å². The van der Waals surface area contributed by atoms with E-state index in [4.69, 9.17) is 16.3 Å². The third-order valence-electron chi connectivity index (χ3n) is 6.36. The maximum Gasteiger partial charge on any atom is 0.338 e. The van der Waals surface area contributed by atoms with Crippen molar-refractivity contribution >= 4 is 27.4 Å². The molecular formula is C31H30ClNO6S. The predicted octanol–water partition coefficient (Wildman–Crippen LogP) is 5.59. The standard InChI is InChI=1S/C31H30ClNO6S/c1-2-39-31(36)24-7-3-5-22(17-24)28-14-13-27(19-29(28)34)40(37,38)26-11-9-21(10-12-26)15-16-33-20-30(35)23-6-4-8-25(32)18-23/h3-14,17-19,30,33-35H,2,15-16,20H2,1H3/t30-/m0/s1. The number of sulfone groups is 1. The number of benzene rings is 4. The number of esters is 1. The molecule has 0 aromatic heterocycles. The molecule has 4 rings (SSSR count). The number of halogens is 1. The van der Waals surface area contributed by atoms with Gasteiger partial charge in [-0.15, -0.1) is 0 Å². The minimum absolute atomic E-state index is 0.0419. The zero-order valence-electron chi connectivity index (χ0n) is 21.9. The third kappa shape index (κ3) is 7.08. The van der Waals surface area contributed by atoms with Gasteiger partial charge in [-0.25, -0.2) is 13.2 Å². The maximum absolute atomic E-state index is 13.2. The molecule has 4 aromatic carbocycles. The Balaban J connectivity index is 1.39. The van der Waals surface area contributed by atoms with E-state index in [9.17, 15) is 23.4 Å². The molecule has 0 fully saturated rings. The van der Waals surface area contributed by atoms with E-state index in [0.29, 0.717) is 41.2 Å². The van der Waals surface area contributed by atoms with E-state index < -0.39 is 21.9 Å². The number of aliphatic hydroxyl groups excluding tert-OH is 1. The van der Waals surface area contributed by atoms with E-state index in [1.165, 1.54) is 18.2 Å². The van der Waals surface area contributed by atoms with Crippen LogP contribution in [-0.4, -0.2) is 44.3 Å². The van der Waals surface area contributed by atoms with Gasteiger partial charge in [-0.1, -0.05) is 48.0 Å². The average molecular weight is 580 g/mol. The van der Waals surface area contributed by atoms with Crippen LogP contribution in [0.4, 0.5) is 0 Å². The Morgan fingerprint density at radius 2 is 1.68 bits per heavy atom. The summed E-state index contributed by atoms with van der Waals surface area (Å²) in [6, 6.07) is 24.4. The molecule has 0 saturated heterocycles. The number of aromatic hydroxyl groups is 1. The normalized spacial score (nSPS) is 12.2. The van der Waals surface area contributed by atoms with Crippen LogP contribution < -0.4 is 5.32 Å². The van der Waals surface area contributed by atoms with Gasteiger partial charge in [-0.2, -0.15) is 0 Å². The van der Waals surface area contributed by atoms with Crippen LogP contribution in [0.1, 0.15) is 34.5 Å². The number of phenols is 1. The van der Waals surface area contributed by atoms with Crippen molar-refractivity contribution in [1.29, 1.82) is 0 Å². The molecule has 0 unspecified atom stereocenters. The summed E-state index contributed by atoms with van der Waals surface area (Å²) in [5.41, 5.74) is 2.96. The van der Waals surface area contributed by atoms with Crippen LogP contribution in [0, 0.1) is 0 Å². The van der Waals surface area contributed by atoms with Gasteiger partial charge in [-0.3, -0.25) is 0 Å². The summed E-state index contributed by atoms with van der Waals surface area (Å²) in [6.45, 7) is 2.92. The number of hydrogen-bond acceptors (Lipinski definition) is 7. The van der Waals surface area contributed by atoms with Crippen molar-refractivity contribution in [2.24, 2.45) is 0 Å². The molecule has 7 nitrogen and oxygen atoms in total. The van der Waals surface area contributed by atoms with Crippen molar-refractivity contribution in [3.8, 4) is 16.9 Å². The Morgan fingerprint density at radius 1 is 0.950 bits per heavy atom. The summed E-state index contributed by atoms with van der Waals surface area (Å²) >= 11 is 5.98. The van der Waals surface area contributed by atoms with Crippen LogP contribution in [-0.2, 0) is 21.0 Å². The molecule has 0 heterocycles. The minimum Gasteiger partial charge on any atom is -0.507 e. The van der Waals surface area contributed by atoms with E-state index in [2.05, 4.69) is 5.32 Å². The molecule has 0 aliphatic carbocycles. The zero-order chi connectivity index (χ0) is 28.7. The Hall–Kier alpha value is -3.69. The van der Waals surface area contributed by atoms with E-state index >= 15 is 0 Å². The van der Waals surface area contributed by atoms with Crippen LogP contribution >= 0.6 is 11.6 Å². The van der Waals surface area contributed by atoms with Crippen LogP contribution in [0.3, 0.4) is 0 Å². The predicted molar refractivity (Wildman–Crippen MR) is 154 cm³/mol. The number of ether oxygens (including phenoxy) is 1. The lowest BCUT2D eigenvalue weighted by atomic mass is 10.0. The topological polar surface area (TPSA) is 113 Å². The lowest BCUT2D eigenvalue weighted by Gasteiger charge is -2.13. The molecule has 0 bridgehead atoms. The average Bonchev–Trinajstić information content (AvgIpc) is 2.95. The fourth-order valence-corrected chi connectivity index (χ4v) is 5.70. The lowest BCUT2D eigenvalue weighted by molar-refractivity contribution is 0.0526. The van der Waals surface area contributed by atoms with E-state index in [-0.39, 0.29) is 22.1 Å². The monoisotopic (exact) mass is 579 g/mol. The molecule has 0 spiro atoms. The van der Waals surface area contributed by atoms with Crippen molar-refractivity contribution in [3.05, 3.63) is 113 Å². The van der Waals surface area contributed by atoms with Gasteiger partial charge in [0.25, 0.3) is 0 Å². The highest BCUT2D eigenvalue weighted by Gasteiger charge is 2.20. The highest BCUT2D eigenvalue weighted by molar-refractivity contribution is 7.91. The quantitative estimate of drug-likeness (QED) is 0.157. The van der Waals surface area contributed by atoms with Crippen molar-refractivity contribution in [1.82, 2.24) is 5.32 Å². The van der Waals surface area contributed by atoms with Crippen molar-refractivity contribution < 1.29 is 28.2 Å². The fraction of sp³-hybridized carbons (Fsp3) is 0.194. The second-order valence-electron chi connectivity index (χ2n) is 9.15. The van der Waals surface area contributed by atoms with Crippen molar-refractivity contribution in [2.75, 3.05) is 19.7 Å². The Kier molecular flexibility index (Phi) is 9.60. The third-order valence-corrected chi connectivity index (χ3v) is 8.36. The highest BCUT2D eigenvalue weighted by atomic mass is 35.5. The number of carbonyl (C=O) groups is 1. The molecule has 0 saturated carbocycles. The molecule has 9 heteroatoms. The summed E-state index contributed by atoms with van der Waals surface area (Å²) in [5, 5.41) is 24.7. The fourth-order valence-electron chi connectivity index (χ4n) is 4.23. The molecule has 0 amide bonds. The molecule has 1 atom stereocenters. The van der Waals surface area contributed by atoms with Crippen molar-refractivity contribution in [2.45, 2.75) is 29.2 Å². The molecule has 40 heavy (non-hydrogen) atoms. The molecule has 0 aliphatic heterocycles. The first-order valence-corrected chi connectivity index (χ1v) is 14.6. The van der Waals surface area contributed by atoms with Gasteiger partial charge < -0.3 is 20.3 Å². The highest BCUT2D eigenvalue weighted by Crippen LogP contribution is 2.33. The number of rotatable bonds is 11. The summed E-state index contributed by atoms with van der Waals surface area (Å²) in [4.78, 5) is 12.1. The molecular weight excluding hydrogens is 550 g/mol. The lowest BCUT2D eigenvalue weighted by Crippen LogP contribution is -2.23. The molecule has 3 N–H and O–H groups in total. The second-order valence-corrected chi connectivity index (χ2v) is 11.5. The Bertz CT molecular complexity index is 1590. The van der Waals surface area contributed by atoms with Crippen LogP contribution in [0.25, 0.3) is 11.1 Å². The first-order valence-electron chi connectivity index (χ1n) is 12.8. The summed E-state index contributed by atoms with van der Waals surface area (Å²) < 4.78 is 31.5. The van der Waals surface area contributed by atoms with Gasteiger partial charge in [0.1, 0.15) is 5.75 Å². The SMILES string of the molecule is CCOC(=O)c1cccc(-c2ccc(S(=O)(=O)c3ccc(CCNC[C@H](O)c4cccc(Cl)c4)cc3)cc2O)c1. The summed E-state index contributed by atoms with van der Waals surface area (Å²) in [5.74, 6) is -0.692. The van der Waals surface area contributed by atoms with E-state index in [1.807, 2.05) is 6.07 Å². The summed E-state index contributed by atoms with van der Waals surface area (Å²) in [6.07, 6.45) is -0.0429. The molecule has 0 aliphatic rings. The van der Waals surface area contributed by atoms with Gasteiger partial charge in [-0.05, 0) is 91.2 Å². The molecule has 4 aromatic rings. The summed E-state index contributed by atoms with van der Waals surface area (Å²) in [7, 11) is -3.87. The zero-order valence-corrected chi connectivity index (χ0v) is 23.5. The number of phenolic OH excluding ortho intramolecular Hbond substituents is 1. The Morgan fingerprint density at radius 3 is 2.38 bits per heavy atom. The maximum atomic E-state index is 13.2. The smallest absolute Gasteiger partial charge is 0.338 e. The van der Waals surface area contributed by atoms with Crippen LogP contribution in [0.2, 0.25) is 5.02 Å². The minimum atomic E-state index is -3.87. The van der Waals surface area contributed by atoms with E-state index in [1.54, 1.807) is 73.7 Å². The Labute approximate surface area is 238 Å². The van der Waals surface area contributed by atoms with Gasteiger partial charge in [0.2, 0.25) is 9.84 Å². The number of aliphatic hydroxyl groups is 1. The van der Waals surface area contributed by atoms with E-state index in [0.717, 1.165) is 11.1 Å². The number of nitrogens with one attached hydrogen (secondary N) is 1. The second kappa shape index (κ2) is 13.1.